The van der Waals surface area contributed by atoms with Crippen LogP contribution in [0.2, 0.25) is 0 Å². The summed E-state index contributed by atoms with van der Waals surface area (Å²) in [5, 5.41) is 10.7. The highest BCUT2D eigenvalue weighted by molar-refractivity contribution is 5.99. The number of fused-ring (bicyclic) bond motifs is 3. The number of carbonyl (C=O) groups is 3. The summed E-state index contributed by atoms with van der Waals surface area (Å²) >= 11 is 0. The van der Waals surface area contributed by atoms with E-state index in [4.69, 9.17) is 9.72 Å². The molecule has 3 amide bonds. The van der Waals surface area contributed by atoms with Gasteiger partial charge in [-0.15, -0.1) is 5.10 Å². The molecule has 0 radical (unpaired) electrons. The van der Waals surface area contributed by atoms with Gasteiger partial charge in [-0.3, -0.25) is 19.7 Å². The van der Waals surface area contributed by atoms with E-state index in [1.807, 2.05) is 53.1 Å². The molecule has 13 nitrogen and oxygen atoms in total. The second-order valence-electron chi connectivity index (χ2n) is 14.4. The number of hydrogen-bond acceptors (Lipinski definition) is 9. The molecule has 3 aromatic heterocycles. The van der Waals surface area contributed by atoms with E-state index in [0.717, 1.165) is 73.9 Å². The summed E-state index contributed by atoms with van der Waals surface area (Å²) in [7, 11) is 1.64. The fourth-order valence-corrected chi connectivity index (χ4v) is 7.69. The Morgan fingerprint density at radius 3 is 2.63 bits per heavy atom. The molecule has 3 fully saturated rings. The molecule has 52 heavy (non-hydrogen) atoms. The van der Waals surface area contributed by atoms with E-state index in [1.165, 1.54) is 0 Å². The lowest BCUT2D eigenvalue weighted by molar-refractivity contribution is -0.117. The van der Waals surface area contributed by atoms with E-state index >= 15 is 0 Å². The van der Waals surface area contributed by atoms with Crippen LogP contribution < -0.4 is 15.4 Å². The first-order chi connectivity index (χ1) is 25.3. The molecule has 2 aromatic carbocycles. The number of aromatic nitrogens is 5. The minimum atomic E-state index is -0.131. The van der Waals surface area contributed by atoms with E-state index in [9.17, 15) is 14.4 Å². The number of amides is 3. The van der Waals surface area contributed by atoms with Crippen molar-refractivity contribution in [3.63, 3.8) is 0 Å². The van der Waals surface area contributed by atoms with E-state index < -0.39 is 0 Å². The van der Waals surface area contributed by atoms with Crippen molar-refractivity contribution in [1.82, 2.24) is 34.4 Å². The van der Waals surface area contributed by atoms with Gasteiger partial charge in [0.05, 0.1) is 25.0 Å². The van der Waals surface area contributed by atoms with Crippen LogP contribution in [-0.4, -0.2) is 78.8 Å². The van der Waals surface area contributed by atoms with Crippen LogP contribution in [-0.2, 0) is 16.8 Å². The number of nitrogens with one attached hydrogen (secondary N) is 2. The molecule has 5 heterocycles. The summed E-state index contributed by atoms with van der Waals surface area (Å²) in [5.74, 6) is 1.08. The molecule has 1 saturated heterocycles. The number of benzene rings is 2. The first kappa shape index (κ1) is 32.1. The first-order valence-electron chi connectivity index (χ1n) is 18.0. The fraction of sp³-hybridized carbons (Fsp3) is 0.359. The summed E-state index contributed by atoms with van der Waals surface area (Å²) in [5.41, 5.74) is 6.81. The third-order valence-corrected chi connectivity index (χ3v) is 10.8. The number of pyridine rings is 1. The molecule has 2 saturated carbocycles. The van der Waals surface area contributed by atoms with E-state index in [1.54, 1.807) is 30.1 Å². The molecule has 0 bridgehead atoms. The largest absolute Gasteiger partial charge is 0.494 e. The van der Waals surface area contributed by atoms with Crippen molar-refractivity contribution in [2.24, 2.45) is 5.92 Å². The third-order valence-electron chi connectivity index (χ3n) is 10.8. The summed E-state index contributed by atoms with van der Waals surface area (Å²) in [6.07, 6.45) is 9.10. The zero-order valence-corrected chi connectivity index (χ0v) is 29.2. The van der Waals surface area contributed by atoms with Crippen molar-refractivity contribution in [2.75, 3.05) is 37.4 Å². The zero-order valence-electron chi connectivity index (χ0n) is 29.2. The minimum absolute atomic E-state index is 0.00789. The molecule has 2 N–H and O–H groups in total. The molecule has 2 aliphatic heterocycles. The number of imidazole rings is 1. The normalized spacial score (nSPS) is 17.4. The van der Waals surface area contributed by atoms with Gasteiger partial charge in [-0.2, -0.15) is 4.98 Å². The zero-order chi connectivity index (χ0) is 35.6. The number of nitrogens with zero attached hydrogens (tertiary/aromatic N) is 7. The van der Waals surface area contributed by atoms with Crippen molar-refractivity contribution in [2.45, 2.75) is 57.4 Å². The molecule has 264 valence electrons. The number of rotatable bonds is 9. The highest BCUT2D eigenvalue weighted by Crippen LogP contribution is 2.54. The maximum Gasteiger partial charge on any atom is 0.272 e. The molecule has 2 aliphatic carbocycles. The molecule has 9 rings (SSSR count). The second kappa shape index (κ2) is 12.4. The highest BCUT2D eigenvalue weighted by atomic mass is 16.5. The van der Waals surface area contributed by atoms with Gasteiger partial charge in [0.15, 0.2) is 11.5 Å². The monoisotopic (exact) mass is 697 g/mol. The molecule has 0 atom stereocenters. The SMILES string of the molecule is COc1c(Nc2nc(NC(=O)C3CC3)nn3ccnc23)ccc(C)c1-c1ccc2c(c1)C1(CC1)CN(Cc1cccc(C(=O)N3CCCC3)n1)C2=O. The standard InChI is InChI=1S/C39H39N9O4/c1-23-8-13-29(42-33-34-40-16-19-48(34)45-38(43-33)44-35(49)24-9-10-24)32(52-2)31(23)25-11-12-27-28(20-25)39(14-15-39)22-47(36(27)50)21-26-6-5-7-30(41-26)37(51)46-17-3-4-18-46/h5-8,11-13,16,19-20,24H,3-4,9-10,14-15,17-18,21-22H2,1-2H3,(H2,42,43,44,45,49). The van der Waals surface area contributed by atoms with Gasteiger partial charge >= 0.3 is 0 Å². The van der Waals surface area contributed by atoms with Crippen molar-refractivity contribution in [3.8, 4) is 16.9 Å². The van der Waals surface area contributed by atoms with Gasteiger partial charge in [0, 0.05) is 54.5 Å². The van der Waals surface area contributed by atoms with Gasteiger partial charge in [0.2, 0.25) is 11.9 Å². The predicted molar refractivity (Wildman–Crippen MR) is 194 cm³/mol. The third kappa shape index (κ3) is 5.69. The molecule has 1 spiro atoms. The number of anilines is 3. The summed E-state index contributed by atoms with van der Waals surface area (Å²) in [6, 6.07) is 15.6. The lowest BCUT2D eigenvalue weighted by Gasteiger charge is -2.35. The Bertz CT molecular complexity index is 2270. The molecule has 13 heteroatoms. The maximum absolute atomic E-state index is 14.0. The average molecular weight is 698 g/mol. The number of aryl methyl sites for hydroxylation is 1. The molecular weight excluding hydrogens is 658 g/mol. The first-order valence-corrected chi connectivity index (χ1v) is 18.0. The number of carbonyl (C=O) groups excluding carboxylic acids is 3. The van der Waals surface area contributed by atoms with Gasteiger partial charge in [0.25, 0.3) is 11.8 Å². The lowest BCUT2D eigenvalue weighted by atomic mass is 9.83. The maximum atomic E-state index is 14.0. The second-order valence-corrected chi connectivity index (χ2v) is 14.4. The Labute approximate surface area is 300 Å². The van der Waals surface area contributed by atoms with E-state index in [-0.39, 0.29) is 35.0 Å². The van der Waals surface area contributed by atoms with Crippen molar-refractivity contribution >= 4 is 40.8 Å². The fourth-order valence-electron chi connectivity index (χ4n) is 7.69. The van der Waals surface area contributed by atoms with Crippen LogP contribution in [0, 0.1) is 12.8 Å². The molecule has 5 aromatic rings. The van der Waals surface area contributed by atoms with Crippen molar-refractivity contribution < 1.29 is 19.1 Å². The van der Waals surface area contributed by atoms with Gasteiger partial charge in [-0.25, -0.2) is 14.5 Å². The van der Waals surface area contributed by atoms with Crippen molar-refractivity contribution in [3.05, 3.63) is 89.0 Å². The van der Waals surface area contributed by atoms with Crippen LogP contribution in [0.25, 0.3) is 16.8 Å². The lowest BCUT2D eigenvalue weighted by Crippen LogP contribution is -2.43. The van der Waals surface area contributed by atoms with Crippen LogP contribution in [0.5, 0.6) is 5.75 Å². The average Bonchev–Trinajstić information content (AvgIpc) is 4.04. The van der Waals surface area contributed by atoms with Gasteiger partial charge in [-0.05, 0) is 92.5 Å². The molecule has 4 aliphatic rings. The number of likely N-dealkylation sites (tertiary alicyclic amines) is 1. The Morgan fingerprint density at radius 2 is 1.87 bits per heavy atom. The summed E-state index contributed by atoms with van der Waals surface area (Å²) in [4.78, 5) is 57.1. The smallest absolute Gasteiger partial charge is 0.272 e. The Kier molecular flexibility index (Phi) is 7.67. The highest BCUT2D eigenvalue weighted by Gasteiger charge is 2.51. The van der Waals surface area contributed by atoms with Crippen LogP contribution >= 0.6 is 0 Å². The number of hydrogen-bond donors (Lipinski definition) is 2. The topological polar surface area (TPSA) is 147 Å². The number of ether oxygens (including phenoxy) is 1. The van der Waals surface area contributed by atoms with Gasteiger partial charge in [-0.1, -0.05) is 18.2 Å². The Morgan fingerprint density at radius 1 is 1.04 bits per heavy atom. The van der Waals surface area contributed by atoms with E-state index in [0.29, 0.717) is 52.9 Å². The van der Waals surface area contributed by atoms with Crippen LogP contribution in [0.3, 0.4) is 0 Å². The predicted octanol–water partition coefficient (Wildman–Crippen LogP) is 5.52. The van der Waals surface area contributed by atoms with E-state index in [2.05, 4.69) is 31.8 Å². The van der Waals surface area contributed by atoms with Gasteiger partial charge in [0.1, 0.15) is 11.4 Å². The number of methoxy groups -OCH3 is 1. The molecule has 0 unspecified atom stereocenters. The Hall–Kier alpha value is -5.85. The summed E-state index contributed by atoms with van der Waals surface area (Å²) in [6.45, 7) is 4.52. The van der Waals surface area contributed by atoms with Gasteiger partial charge < -0.3 is 19.9 Å². The van der Waals surface area contributed by atoms with Crippen molar-refractivity contribution in [1.29, 1.82) is 0 Å². The minimum Gasteiger partial charge on any atom is -0.494 e. The van der Waals surface area contributed by atoms with Crippen LogP contribution in [0.4, 0.5) is 17.5 Å². The quantitative estimate of drug-likeness (QED) is 0.203. The molecular formula is C39H39N9O4. The van der Waals surface area contributed by atoms with Crippen LogP contribution in [0.1, 0.15) is 76.2 Å². The van der Waals surface area contributed by atoms with Crippen LogP contribution in [0.15, 0.2) is 60.9 Å². The Balaban J connectivity index is 1.01. The summed E-state index contributed by atoms with van der Waals surface area (Å²) < 4.78 is 7.66.